The molecule has 0 unspecified atom stereocenters. The van der Waals surface area contributed by atoms with E-state index < -0.39 is 5.91 Å². The van der Waals surface area contributed by atoms with E-state index >= 15 is 0 Å². The molecule has 8 heteroatoms. The average molecular weight is 602 g/mol. The minimum absolute atomic E-state index is 0.00174. The van der Waals surface area contributed by atoms with E-state index in [1.54, 1.807) is 30.3 Å². The third kappa shape index (κ3) is 7.75. The Hall–Kier alpha value is -2.98. The number of ether oxygens (including phenoxy) is 2. The number of hydrogen-bond acceptors (Lipinski definition) is 4. The number of hydrogen-bond donors (Lipinski definition) is 1. The van der Waals surface area contributed by atoms with E-state index in [1.165, 1.54) is 6.08 Å². The molecule has 3 aromatic carbocycles. The Morgan fingerprint density at radius 1 is 1.05 bits per heavy atom. The van der Waals surface area contributed by atoms with Crippen molar-refractivity contribution < 1.29 is 14.3 Å². The van der Waals surface area contributed by atoms with Crippen molar-refractivity contribution in [2.24, 2.45) is 0 Å². The Morgan fingerprint density at radius 3 is 2.32 bits per heavy atom. The van der Waals surface area contributed by atoms with E-state index in [0.29, 0.717) is 43.9 Å². The van der Waals surface area contributed by atoms with Gasteiger partial charge in [-0.3, -0.25) is 4.79 Å². The van der Waals surface area contributed by atoms with Crippen molar-refractivity contribution in [1.29, 1.82) is 5.26 Å². The van der Waals surface area contributed by atoms with Gasteiger partial charge in [-0.25, -0.2) is 0 Å². The molecule has 3 aromatic rings. The maximum absolute atomic E-state index is 12.8. The molecule has 0 fully saturated rings. The molecule has 1 amide bonds. The first-order chi connectivity index (χ1) is 17.5. The number of benzene rings is 3. The number of nitrogens with one attached hydrogen (secondary N) is 1. The van der Waals surface area contributed by atoms with Crippen molar-refractivity contribution in [3.8, 4) is 17.6 Å². The highest BCUT2D eigenvalue weighted by Gasteiger charge is 2.16. The first-order valence-corrected chi connectivity index (χ1v) is 13.1. The second-order valence-corrected chi connectivity index (χ2v) is 10.9. The molecule has 0 aromatic heterocycles. The smallest absolute Gasteiger partial charge is 0.266 e. The van der Waals surface area contributed by atoms with Gasteiger partial charge in [0.25, 0.3) is 5.91 Å². The lowest BCUT2D eigenvalue weighted by atomic mass is 9.87. The topological polar surface area (TPSA) is 71.3 Å². The van der Waals surface area contributed by atoms with Crippen molar-refractivity contribution in [2.45, 2.75) is 39.7 Å². The summed E-state index contributed by atoms with van der Waals surface area (Å²) in [6.07, 6.45) is 1.51. The van der Waals surface area contributed by atoms with Gasteiger partial charge in [0, 0.05) is 25.8 Å². The van der Waals surface area contributed by atoms with Crippen LogP contribution in [0.4, 0.5) is 5.69 Å². The van der Waals surface area contributed by atoms with Crippen molar-refractivity contribution in [1.82, 2.24) is 0 Å². The Balaban J connectivity index is 1.82. The predicted molar refractivity (Wildman–Crippen MR) is 153 cm³/mol. The van der Waals surface area contributed by atoms with Crippen LogP contribution in [0.3, 0.4) is 0 Å². The summed E-state index contributed by atoms with van der Waals surface area (Å²) in [6.45, 7) is 8.82. The molecule has 0 atom stereocenters. The van der Waals surface area contributed by atoms with Gasteiger partial charge < -0.3 is 14.8 Å². The molecule has 0 radical (unpaired) electrons. The third-order valence-electron chi connectivity index (χ3n) is 5.43. The molecule has 37 heavy (non-hydrogen) atoms. The number of rotatable bonds is 8. The van der Waals surface area contributed by atoms with Crippen LogP contribution >= 0.6 is 39.1 Å². The molecule has 1 N–H and O–H groups in total. The van der Waals surface area contributed by atoms with Gasteiger partial charge in [0.15, 0.2) is 11.5 Å². The number of anilines is 1. The number of amides is 1. The lowest BCUT2D eigenvalue weighted by Crippen LogP contribution is -2.14. The van der Waals surface area contributed by atoms with E-state index in [9.17, 15) is 10.1 Å². The number of nitrogens with zero attached hydrogens (tertiary/aromatic N) is 1. The fourth-order valence-electron chi connectivity index (χ4n) is 3.39. The molecule has 0 spiro atoms. The summed E-state index contributed by atoms with van der Waals surface area (Å²) >= 11 is 15.8. The number of carbonyl (C=O) groups is 1. The first-order valence-electron chi connectivity index (χ1n) is 11.6. The summed E-state index contributed by atoms with van der Waals surface area (Å²) in [5.41, 5.74) is 3.07. The zero-order valence-corrected chi connectivity index (χ0v) is 24.1. The Bertz CT molecular complexity index is 1360. The van der Waals surface area contributed by atoms with Gasteiger partial charge in [0.05, 0.1) is 6.61 Å². The highest BCUT2D eigenvalue weighted by Crippen LogP contribution is 2.36. The summed E-state index contributed by atoms with van der Waals surface area (Å²) in [5.74, 6) is 0.449. The van der Waals surface area contributed by atoms with E-state index in [4.69, 9.17) is 32.7 Å². The lowest BCUT2D eigenvalue weighted by molar-refractivity contribution is -0.112. The zero-order valence-electron chi connectivity index (χ0n) is 21.0. The van der Waals surface area contributed by atoms with Crippen molar-refractivity contribution >= 4 is 56.8 Å². The summed E-state index contributed by atoms with van der Waals surface area (Å²) in [6, 6.07) is 18.2. The minimum Gasteiger partial charge on any atom is -0.490 e. The van der Waals surface area contributed by atoms with Crippen molar-refractivity contribution in [3.63, 3.8) is 0 Å². The van der Waals surface area contributed by atoms with Gasteiger partial charge in [-0.1, -0.05) is 78.1 Å². The normalized spacial score (nSPS) is 11.6. The quantitative estimate of drug-likeness (QED) is 0.207. The summed E-state index contributed by atoms with van der Waals surface area (Å²) in [7, 11) is 0. The summed E-state index contributed by atoms with van der Waals surface area (Å²) < 4.78 is 12.4. The van der Waals surface area contributed by atoms with E-state index in [2.05, 4.69) is 42.0 Å². The second-order valence-electron chi connectivity index (χ2n) is 9.23. The van der Waals surface area contributed by atoms with Crippen LogP contribution < -0.4 is 14.8 Å². The number of carbonyl (C=O) groups excluding carboxylic acids is 1. The monoisotopic (exact) mass is 600 g/mol. The Labute approximate surface area is 236 Å². The zero-order chi connectivity index (χ0) is 27.2. The number of nitriles is 1. The molecule has 0 saturated heterocycles. The van der Waals surface area contributed by atoms with E-state index in [-0.39, 0.29) is 17.6 Å². The predicted octanol–water partition coefficient (Wildman–Crippen LogP) is 8.58. The molecular formula is C29H27BrCl2N2O3. The van der Waals surface area contributed by atoms with Crippen LogP contribution in [0.5, 0.6) is 11.5 Å². The Kier molecular flexibility index (Phi) is 9.67. The van der Waals surface area contributed by atoms with Crippen LogP contribution in [0, 0.1) is 11.3 Å². The summed E-state index contributed by atoms with van der Waals surface area (Å²) in [4.78, 5) is 12.8. The molecule has 0 aliphatic heterocycles. The maximum Gasteiger partial charge on any atom is 0.266 e. The van der Waals surface area contributed by atoms with E-state index in [0.717, 1.165) is 11.1 Å². The van der Waals surface area contributed by atoms with Crippen LogP contribution in [-0.2, 0) is 16.8 Å². The number of halogens is 3. The fourth-order valence-corrected chi connectivity index (χ4v) is 4.29. The van der Waals surface area contributed by atoms with Crippen LogP contribution in [0.2, 0.25) is 10.0 Å². The standard InChI is InChI=1S/C29H27BrCl2N2O3/c1-5-36-26-13-19(24(30)15-27(26)37-17-18-6-9-22(31)14-25(18)32)12-20(16-33)28(35)34-23-10-7-21(8-11-23)29(2,3)4/h6-15H,5,17H2,1-4H3,(H,34,35)/b20-12+. The maximum atomic E-state index is 12.8. The molecule has 5 nitrogen and oxygen atoms in total. The lowest BCUT2D eigenvalue weighted by Gasteiger charge is -2.19. The molecule has 3 rings (SSSR count). The molecule has 0 aliphatic rings. The average Bonchev–Trinajstić information content (AvgIpc) is 2.83. The Morgan fingerprint density at radius 2 is 1.73 bits per heavy atom. The molecule has 0 aliphatic carbocycles. The van der Waals surface area contributed by atoms with Crippen LogP contribution in [-0.4, -0.2) is 12.5 Å². The molecule has 0 saturated carbocycles. The second kappa shape index (κ2) is 12.5. The van der Waals surface area contributed by atoms with Gasteiger partial charge in [0.2, 0.25) is 0 Å². The molecule has 0 heterocycles. The minimum atomic E-state index is -0.506. The van der Waals surface area contributed by atoms with Gasteiger partial charge in [0.1, 0.15) is 18.2 Å². The fraction of sp³-hybridized carbons (Fsp3) is 0.241. The van der Waals surface area contributed by atoms with Crippen LogP contribution in [0.25, 0.3) is 6.08 Å². The van der Waals surface area contributed by atoms with Gasteiger partial charge in [-0.05, 0) is 65.9 Å². The van der Waals surface area contributed by atoms with Crippen LogP contribution in [0.15, 0.2) is 64.6 Å². The highest BCUT2D eigenvalue weighted by molar-refractivity contribution is 9.10. The van der Waals surface area contributed by atoms with Crippen LogP contribution in [0.1, 0.15) is 44.4 Å². The molecule has 0 bridgehead atoms. The van der Waals surface area contributed by atoms with E-state index in [1.807, 2.05) is 37.3 Å². The third-order valence-corrected chi connectivity index (χ3v) is 6.71. The largest absolute Gasteiger partial charge is 0.490 e. The molecular weight excluding hydrogens is 575 g/mol. The summed E-state index contributed by atoms with van der Waals surface area (Å²) in [5, 5.41) is 13.5. The van der Waals surface area contributed by atoms with Gasteiger partial charge in [-0.15, -0.1) is 0 Å². The van der Waals surface area contributed by atoms with Crippen molar-refractivity contribution in [3.05, 3.63) is 91.4 Å². The van der Waals surface area contributed by atoms with Gasteiger partial charge >= 0.3 is 0 Å². The van der Waals surface area contributed by atoms with Gasteiger partial charge in [-0.2, -0.15) is 5.26 Å². The molecule has 192 valence electrons. The SMILES string of the molecule is CCOc1cc(/C=C(\C#N)C(=O)Nc2ccc(C(C)(C)C)cc2)c(Br)cc1OCc1ccc(Cl)cc1Cl. The van der Waals surface area contributed by atoms with Crippen molar-refractivity contribution in [2.75, 3.05) is 11.9 Å². The first kappa shape index (κ1) is 28.6. The highest BCUT2D eigenvalue weighted by atomic mass is 79.9.